The lowest BCUT2D eigenvalue weighted by atomic mass is 10.2. The molecule has 0 amide bonds. The van der Waals surface area contributed by atoms with E-state index in [0.717, 1.165) is 0 Å². The zero-order valence-electron chi connectivity index (χ0n) is 11.2. The molecule has 0 aromatic carbocycles. The predicted octanol–water partition coefficient (Wildman–Crippen LogP) is 0.741. The largest absolute Gasteiger partial charge is 0.459 e. The van der Waals surface area contributed by atoms with Crippen LogP contribution in [0, 0.1) is 0 Å². The standard InChI is InChI=1S/C11H23NO4S/c1-9(2)12-6-7-17(14,15)8-10(13)16-11(3,4)5/h9,12H,6-8H2,1-5H3. The van der Waals surface area contributed by atoms with Gasteiger partial charge in [0, 0.05) is 12.6 Å². The van der Waals surface area contributed by atoms with Gasteiger partial charge in [-0.15, -0.1) is 0 Å². The van der Waals surface area contributed by atoms with Crippen LogP contribution in [0.15, 0.2) is 0 Å². The Bertz CT molecular complexity index is 341. The van der Waals surface area contributed by atoms with Crippen molar-refractivity contribution in [1.82, 2.24) is 5.32 Å². The number of carbonyl (C=O) groups is 1. The smallest absolute Gasteiger partial charge is 0.321 e. The van der Waals surface area contributed by atoms with E-state index in [1.807, 2.05) is 13.8 Å². The van der Waals surface area contributed by atoms with E-state index in [2.05, 4.69) is 5.32 Å². The highest BCUT2D eigenvalue weighted by Crippen LogP contribution is 2.07. The number of hydrogen-bond donors (Lipinski definition) is 1. The molecule has 0 unspecified atom stereocenters. The number of sulfone groups is 1. The first-order chi connectivity index (χ1) is 7.52. The van der Waals surface area contributed by atoms with Crippen LogP contribution in [0.3, 0.4) is 0 Å². The SMILES string of the molecule is CC(C)NCCS(=O)(=O)CC(=O)OC(C)(C)C. The minimum absolute atomic E-state index is 0.0512. The van der Waals surface area contributed by atoms with Gasteiger partial charge in [0.05, 0.1) is 5.75 Å². The number of esters is 1. The molecule has 0 radical (unpaired) electrons. The van der Waals surface area contributed by atoms with Crippen LogP contribution in [-0.4, -0.2) is 44.1 Å². The molecule has 17 heavy (non-hydrogen) atoms. The van der Waals surface area contributed by atoms with E-state index < -0.39 is 27.2 Å². The quantitative estimate of drug-likeness (QED) is 0.717. The van der Waals surface area contributed by atoms with Crippen molar-refractivity contribution in [2.24, 2.45) is 0 Å². The fraction of sp³-hybridized carbons (Fsp3) is 0.909. The maximum Gasteiger partial charge on any atom is 0.321 e. The molecule has 0 aromatic heterocycles. The first-order valence-corrected chi connectivity index (χ1v) is 7.49. The molecule has 102 valence electrons. The summed E-state index contributed by atoms with van der Waals surface area (Å²) >= 11 is 0. The van der Waals surface area contributed by atoms with Crippen molar-refractivity contribution in [2.75, 3.05) is 18.1 Å². The molecular formula is C11H23NO4S. The first-order valence-electron chi connectivity index (χ1n) is 5.67. The lowest BCUT2D eigenvalue weighted by Crippen LogP contribution is -2.33. The Hall–Kier alpha value is -0.620. The molecule has 0 rings (SSSR count). The molecule has 0 heterocycles. The highest BCUT2D eigenvalue weighted by Gasteiger charge is 2.22. The van der Waals surface area contributed by atoms with Gasteiger partial charge in [-0.3, -0.25) is 4.79 Å². The summed E-state index contributed by atoms with van der Waals surface area (Å²) in [5.74, 6) is -1.30. The molecule has 0 bridgehead atoms. The van der Waals surface area contributed by atoms with E-state index in [4.69, 9.17) is 4.74 Å². The second kappa shape index (κ2) is 6.35. The molecule has 5 nitrogen and oxygen atoms in total. The van der Waals surface area contributed by atoms with Crippen LogP contribution in [0.5, 0.6) is 0 Å². The molecular weight excluding hydrogens is 242 g/mol. The van der Waals surface area contributed by atoms with Gasteiger partial charge in [0.25, 0.3) is 0 Å². The van der Waals surface area contributed by atoms with Gasteiger partial charge in [-0.1, -0.05) is 13.8 Å². The van der Waals surface area contributed by atoms with Crippen LogP contribution in [-0.2, 0) is 19.4 Å². The fourth-order valence-corrected chi connectivity index (χ4v) is 2.12. The average Bonchev–Trinajstić information content (AvgIpc) is 1.96. The minimum Gasteiger partial charge on any atom is -0.459 e. The topological polar surface area (TPSA) is 72.5 Å². The van der Waals surface area contributed by atoms with Crippen molar-refractivity contribution in [3.63, 3.8) is 0 Å². The second-order valence-corrected chi connectivity index (χ2v) is 7.47. The molecule has 6 heteroatoms. The Kier molecular flexibility index (Phi) is 6.12. The first kappa shape index (κ1) is 16.4. The van der Waals surface area contributed by atoms with Crippen LogP contribution < -0.4 is 5.32 Å². The monoisotopic (exact) mass is 265 g/mol. The molecule has 0 spiro atoms. The fourth-order valence-electron chi connectivity index (χ4n) is 1.13. The maximum absolute atomic E-state index is 11.6. The van der Waals surface area contributed by atoms with Gasteiger partial charge in [-0.2, -0.15) is 0 Å². The molecule has 0 saturated carbocycles. The summed E-state index contributed by atoms with van der Waals surface area (Å²) in [5, 5.41) is 2.99. The number of carbonyl (C=O) groups excluding carboxylic acids is 1. The van der Waals surface area contributed by atoms with Gasteiger partial charge in [0.1, 0.15) is 11.4 Å². The van der Waals surface area contributed by atoms with Crippen molar-refractivity contribution < 1.29 is 17.9 Å². The molecule has 0 saturated heterocycles. The van der Waals surface area contributed by atoms with E-state index >= 15 is 0 Å². The van der Waals surface area contributed by atoms with Gasteiger partial charge < -0.3 is 10.1 Å². The zero-order valence-corrected chi connectivity index (χ0v) is 12.1. The summed E-state index contributed by atoms with van der Waals surface area (Å²) in [6.07, 6.45) is 0. The third-order valence-electron chi connectivity index (χ3n) is 1.72. The number of ether oxygens (including phenoxy) is 1. The number of nitrogens with one attached hydrogen (secondary N) is 1. The number of rotatable bonds is 6. The maximum atomic E-state index is 11.6. The van der Waals surface area contributed by atoms with Crippen molar-refractivity contribution >= 4 is 15.8 Å². The van der Waals surface area contributed by atoms with Crippen molar-refractivity contribution in [3.05, 3.63) is 0 Å². The Labute approximate surface area is 104 Å². The molecule has 0 aliphatic carbocycles. The van der Waals surface area contributed by atoms with Crippen LogP contribution in [0.1, 0.15) is 34.6 Å². The second-order valence-electron chi connectivity index (χ2n) is 5.29. The lowest BCUT2D eigenvalue weighted by molar-refractivity contribution is -0.151. The van der Waals surface area contributed by atoms with E-state index in [1.54, 1.807) is 20.8 Å². The highest BCUT2D eigenvalue weighted by molar-refractivity contribution is 7.92. The van der Waals surface area contributed by atoms with Crippen LogP contribution >= 0.6 is 0 Å². The summed E-state index contributed by atoms with van der Waals surface area (Å²) in [7, 11) is -3.39. The predicted molar refractivity (Wildman–Crippen MR) is 67.6 cm³/mol. The summed E-state index contributed by atoms with van der Waals surface area (Å²) < 4.78 is 28.1. The lowest BCUT2D eigenvalue weighted by Gasteiger charge is -2.19. The molecule has 0 atom stereocenters. The van der Waals surface area contributed by atoms with E-state index in [9.17, 15) is 13.2 Å². The van der Waals surface area contributed by atoms with Gasteiger partial charge in [0.2, 0.25) is 0 Å². The third kappa shape index (κ3) is 10.3. The van der Waals surface area contributed by atoms with Crippen LogP contribution in [0.2, 0.25) is 0 Å². The third-order valence-corrected chi connectivity index (χ3v) is 3.23. The minimum atomic E-state index is -3.39. The Morgan fingerprint density at radius 2 is 1.82 bits per heavy atom. The van der Waals surface area contributed by atoms with Gasteiger partial charge >= 0.3 is 5.97 Å². The van der Waals surface area contributed by atoms with Crippen molar-refractivity contribution in [2.45, 2.75) is 46.3 Å². The molecule has 0 fully saturated rings. The highest BCUT2D eigenvalue weighted by atomic mass is 32.2. The summed E-state index contributed by atoms with van der Waals surface area (Å²) in [6, 6.07) is 0.228. The summed E-state index contributed by atoms with van der Waals surface area (Å²) in [4.78, 5) is 11.3. The zero-order chi connectivity index (χ0) is 13.7. The average molecular weight is 265 g/mol. The van der Waals surface area contributed by atoms with E-state index in [-0.39, 0.29) is 11.8 Å². The van der Waals surface area contributed by atoms with E-state index in [0.29, 0.717) is 6.54 Å². The molecule has 0 aliphatic rings. The normalized spacial score (nSPS) is 12.8. The summed E-state index contributed by atoms with van der Waals surface area (Å²) in [6.45, 7) is 9.33. The van der Waals surface area contributed by atoms with Gasteiger partial charge in [0.15, 0.2) is 9.84 Å². The van der Waals surface area contributed by atoms with Gasteiger partial charge in [-0.05, 0) is 20.8 Å². The van der Waals surface area contributed by atoms with Crippen LogP contribution in [0.4, 0.5) is 0 Å². The van der Waals surface area contributed by atoms with Crippen molar-refractivity contribution in [1.29, 1.82) is 0 Å². The molecule has 1 N–H and O–H groups in total. The summed E-state index contributed by atoms with van der Waals surface area (Å²) in [5.41, 5.74) is -0.650. The Morgan fingerprint density at radius 1 is 1.29 bits per heavy atom. The van der Waals surface area contributed by atoms with Crippen molar-refractivity contribution in [3.8, 4) is 0 Å². The molecule has 0 aliphatic heterocycles. The molecule has 0 aromatic rings. The van der Waals surface area contributed by atoms with Gasteiger partial charge in [-0.25, -0.2) is 8.42 Å². The number of hydrogen-bond acceptors (Lipinski definition) is 5. The Morgan fingerprint density at radius 3 is 2.24 bits per heavy atom. The Balaban J connectivity index is 4.13. The van der Waals surface area contributed by atoms with Crippen LogP contribution in [0.25, 0.3) is 0 Å². The van der Waals surface area contributed by atoms with E-state index in [1.165, 1.54) is 0 Å².